The first kappa shape index (κ1) is 7.87. The van der Waals surface area contributed by atoms with Gasteiger partial charge in [0.25, 0.3) is 0 Å². The molecular formula is C9H9N3O. The third-order valence-corrected chi connectivity index (χ3v) is 1.83. The Morgan fingerprint density at radius 2 is 2.38 bits per heavy atom. The highest BCUT2D eigenvalue weighted by molar-refractivity contribution is 5.47. The van der Waals surface area contributed by atoms with E-state index in [0.717, 1.165) is 12.8 Å². The Kier molecular flexibility index (Phi) is 1.78. The van der Waals surface area contributed by atoms with Crippen molar-refractivity contribution in [3.63, 3.8) is 0 Å². The van der Waals surface area contributed by atoms with Crippen molar-refractivity contribution in [3.05, 3.63) is 17.8 Å². The second-order valence-electron chi connectivity index (χ2n) is 3.03. The van der Waals surface area contributed by atoms with Crippen molar-refractivity contribution in [3.8, 4) is 11.8 Å². The molecule has 1 aliphatic rings. The summed E-state index contributed by atoms with van der Waals surface area (Å²) in [5.41, 5.74) is 5.92. The van der Waals surface area contributed by atoms with Crippen molar-refractivity contribution in [2.45, 2.75) is 18.9 Å². The molecule has 0 spiro atoms. The van der Waals surface area contributed by atoms with Gasteiger partial charge >= 0.3 is 0 Å². The number of hydrogen-bond donors (Lipinski definition) is 1. The van der Waals surface area contributed by atoms with Gasteiger partial charge < -0.3 is 10.5 Å². The Morgan fingerprint density at radius 1 is 1.62 bits per heavy atom. The average molecular weight is 175 g/mol. The zero-order chi connectivity index (χ0) is 9.26. The van der Waals surface area contributed by atoms with Crippen LogP contribution in [0.4, 0.5) is 5.82 Å². The van der Waals surface area contributed by atoms with Crippen LogP contribution in [-0.4, -0.2) is 11.1 Å². The zero-order valence-corrected chi connectivity index (χ0v) is 7.03. The number of pyridine rings is 1. The van der Waals surface area contributed by atoms with Crippen LogP contribution in [0, 0.1) is 11.3 Å². The summed E-state index contributed by atoms with van der Waals surface area (Å²) in [6.45, 7) is 0. The molecule has 1 aromatic heterocycles. The standard InChI is InChI=1S/C9H9N3O/c10-4-6-5-12-9(11)3-8(6)13-7-1-2-7/h3,5,7H,1-2H2,(H2,11,12). The molecule has 1 fully saturated rings. The molecule has 0 unspecified atom stereocenters. The van der Waals surface area contributed by atoms with Crippen LogP contribution >= 0.6 is 0 Å². The van der Waals surface area contributed by atoms with E-state index >= 15 is 0 Å². The number of ether oxygens (including phenoxy) is 1. The van der Waals surface area contributed by atoms with Crippen molar-refractivity contribution >= 4 is 5.82 Å². The fraction of sp³-hybridized carbons (Fsp3) is 0.333. The number of nitrogen functional groups attached to an aromatic ring is 1. The van der Waals surface area contributed by atoms with Gasteiger partial charge in [-0.05, 0) is 12.8 Å². The maximum atomic E-state index is 8.73. The third kappa shape index (κ3) is 1.70. The molecule has 0 saturated heterocycles. The van der Waals surface area contributed by atoms with E-state index in [-0.39, 0.29) is 6.10 Å². The van der Waals surface area contributed by atoms with Crippen LogP contribution in [0.25, 0.3) is 0 Å². The molecule has 66 valence electrons. The molecule has 0 amide bonds. The van der Waals surface area contributed by atoms with Crippen molar-refractivity contribution in [1.29, 1.82) is 5.26 Å². The zero-order valence-electron chi connectivity index (χ0n) is 7.03. The molecule has 1 saturated carbocycles. The highest BCUT2D eigenvalue weighted by Crippen LogP contribution is 2.29. The number of hydrogen-bond acceptors (Lipinski definition) is 4. The predicted octanol–water partition coefficient (Wildman–Crippen LogP) is 1.08. The first-order chi connectivity index (χ1) is 6.29. The minimum absolute atomic E-state index is 0.272. The van der Waals surface area contributed by atoms with Crippen LogP contribution in [0.2, 0.25) is 0 Å². The molecule has 0 aliphatic heterocycles. The van der Waals surface area contributed by atoms with Crippen molar-refractivity contribution < 1.29 is 4.74 Å². The summed E-state index contributed by atoms with van der Waals surface area (Å²) in [5.74, 6) is 0.937. The molecule has 1 aliphatic carbocycles. The van der Waals surface area contributed by atoms with Crippen LogP contribution in [0.15, 0.2) is 12.3 Å². The minimum atomic E-state index is 0.272. The summed E-state index contributed by atoms with van der Waals surface area (Å²) in [6.07, 6.45) is 3.83. The summed E-state index contributed by atoms with van der Waals surface area (Å²) in [5, 5.41) is 8.73. The molecule has 2 N–H and O–H groups in total. The van der Waals surface area contributed by atoms with Gasteiger partial charge in [0.1, 0.15) is 23.2 Å². The predicted molar refractivity (Wildman–Crippen MR) is 47.0 cm³/mol. The SMILES string of the molecule is N#Cc1cnc(N)cc1OC1CC1. The lowest BCUT2D eigenvalue weighted by Crippen LogP contribution is -2.00. The van der Waals surface area contributed by atoms with Gasteiger partial charge in [0.05, 0.1) is 12.3 Å². The second kappa shape index (κ2) is 2.94. The minimum Gasteiger partial charge on any atom is -0.489 e. The van der Waals surface area contributed by atoms with Gasteiger partial charge in [-0.15, -0.1) is 0 Å². The van der Waals surface area contributed by atoms with E-state index in [0.29, 0.717) is 17.1 Å². The van der Waals surface area contributed by atoms with Gasteiger partial charge in [-0.1, -0.05) is 0 Å². The fourth-order valence-corrected chi connectivity index (χ4v) is 0.999. The lowest BCUT2D eigenvalue weighted by Gasteiger charge is -2.05. The van der Waals surface area contributed by atoms with E-state index in [4.69, 9.17) is 15.7 Å². The summed E-state index contributed by atoms with van der Waals surface area (Å²) in [7, 11) is 0. The molecule has 0 aromatic carbocycles. The quantitative estimate of drug-likeness (QED) is 0.729. The van der Waals surface area contributed by atoms with E-state index in [1.54, 1.807) is 6.07 Å². The molecule has 4 heteroatoms. The Balaban J connectivity index is 2.29. The second-order valence-corrected chi connectivity index (χ2v) is 3.03. The Morgan fingerprint density at radius 3 is 3.00 bits per heavy atom. The maximum absolute atomic E-state index is 8.73. The van der Waals surface area contributed by atoms with E-state index in [2.05, 4.69) is 4.98 Å². The van der Waals surface area contributed by atoms with E-state index in [1.165, 1.54) is 6.20 Å². The van der Waals surface area contributed by atoms with Crippen LogP contribution < -0.4 is 10.5 Å². The Bertz CT molecular complexity index is 366. The van der Waals surface area contributed by atoms with Crippen molar-refractivity contribution in [2.24, 2.45) is 0 Å². The normalized spacial score (nSPS) is 15.0. The van der Waals surface area contributed by atoms with Crippen LogP contribution in [0.1, 0.15) is 18.4 Å². The fourth-order valence-electron chi connectivity index (χ4n) is 0.999. The summed E-state index contributed by atoms with van der Waals surface area (Å²) in [6, 6.07) is 3.61. The summed E-state index contributed by atoms with van der Waals surface area (Å²) >= 11 is 0. The lowest BCUT2D eigenvalue weighted by molar-refractivity contribution is 0.302. The number of aromatic nitrogens is 1. The smallest absolute Gasteiger partial charge is 0.142 e. The third-order valence-electron chi connectivity index (χ3n) is 1.83. The molecular weight excluding hydrogens is 166 g/mol. The Hall–Kier alpha value is -1.76. The summed E-state index contributed by atoms with van der Waals surface area (Å²) < 4.78 is 5.49. The van der Waals surface area contributed by atoms with E-state index in [1.807, 2.05) is 6.07 Å². The first-order valence-corrected chi connectivity index (χ1v) is 4.12. The number of nitrogens with zero attached hydrogens (tertiary/aromatic N) is 2. The van der Waals surface area contributed by atoms with Crippen molar-refractivity contribution in [1.82, 2.24) is 4.98 Å². The van der Waals surface area contributed by atoms with Crippen LogP contribution in [0.3, 0.4) is 0 Å². The number of nitriles is 1. The van der Waals surface area contributed by atoms with E-state index in [9.17, 15) is 0 Å². The Labute approximate surface area is 76.0 Å². The van der Waals surface area contributed by atoms with Gasteiger partial charge in [-0.2, -0.15) is 5.26 Å². The molecule has 1 heterocycles. The first-order valence-electron chi connectivity index (χ1n) is 4.12. The number of nitrogens with two attached hydrogens (primary N) is 1. The number of anilines is 1. The highest BCUT2D eigenvalue weighted by atomic mass is 16.5. The molecule has 0 atom stereocenters. The van der Waals surface area contributed by atoms with Gasteiger partial charge in [0.15, 0.2) is 0 Å². The monoisotopic (exact) mass is 175 g/mol. The van der Waals surface area contributed by atoms with E-state index < -0.39 is 0 Å². The summed E-state index contributed by atoms with van der Waals surface area (Å²) in [4.78, 5) is 3.81. The number of rotatable bonds is 2. The van der Waals surface area contributed by atoms with Gasteiger partial charge in [-0.25, -0.2) is 4.98 Å². The molecule has 0 radical (unpaired) electrons. The maximum Gasteiger partial charge on any atom is 0.142 e. The largest absolute Gasteiger partial charge is 0.489 e. The van der Waals surface area contributed by atoms with Crippen LogP contribution in [0.5, 0.6) is 5.75 Å². The lowest BCUT2D eigenvalue weighted by atomic mass is 10.3. The highest BCUT2D eigenvalue weighted by Gasteiger charge is 2.24. The molecule has 4 nitrogen and oxygen atoms in total. The molecule has 1 aromatic rings. The molecule has 13 heavy (non-hydrogen) atoms. The molecule has 0 bridgehead atoms. The topological polar surface area (TPSA) is 71.9 Å². The van der Waals surface area contributed by atoms with Gasteiger partial charge in [0.2, 0.25) is 0 Å². The van der Waals surface area contributed by atoms with Crippen molar-refractivity contribution in [2.75, 3.05) is 5.73 Å². The van der Waals surface area contributed by atoms with Crippen LogP contribution in [-0.2, 0) is 0 Å². The molecule has 2 rings (SSSR count). The van der Waals surface area contributed by atoms with Gasteiger partial charge in [-0.3, -0.25) is 0 Å². The average Bonchev–Trinajstić information content (AvgIpc) is 2.89. The van der Waals surface area contributed by atoms with Gasteiger partial charge in [0, 0.05) is 6.07 Å².